The van der Waals surface area contributed by atoms with Crippen LogP contribution in [-0.4, -0.2) is 76.5 Å². The van der Waals surface area contributed by atoms with Crippen molar-refractivity contribution < 1.29 is 0 Å². The molecule has 3 saturated heterocycles. The van der Waals surface area contributed by atoms with Gasteiger partial charge in [-0.3, -0.25) is 15.0 Å². The molecular weight excluding hydrogens is 438 g/mol. The Labute approximate surface area is 207 Å². The van der Waals surface area contributed by atoms with E-state index in [0.29, 0.717) is 36.3 Å². The maximum absolute atomic E-state index is 9.02. The van der Waals surface area contributed by atoms with Crippen LogP contribution < -0.4 is 10.6 Å². The molecule has 5 heterocycles. The first-order valence-corrected chi connectivity index (χ1v) is 12.6. The summed E-state index contributed by atoms with van der Waals surface area (Å²) in [6.45, 7) is 8.79. The fourth-order valence-corrected chi connectivity index (χ4v) is 5.94. The molecule has 5 rings (SSSR count). The van der Waals surface area contributed by atoms with Crippen molar-refractivity contribution >= 4 is 35.9 Å². The summed E-state index contributed by atoms with van der Waals surface area (Å²) in [4.78, 5) is 14.1. The number of pyridine rings is 1. The van der Waals surface area contributed by atoms with Crippen molar-refractivity contribution in [3.05, 3.63) is 29.5 Å². The molecule has 0 aromatic carbocycles. The lowest BCUT2D eigenvalue weighted by Gasteiger charge is -2.39. The third-order valence-electron chi connectivity index (χ3n) is 7.61. The van der Waals surface area contributed by atoms with Crippen molar-refractivity contribution in [3.63, 3.8) is 0 Å². The minimum absolute atomic E-state index is 0.336. The summed E-state index contributed by atoms with van der Waals surface area (Å²) in [6.07, 6.45) is 9.20. The number of fused-ring (bicyclic) bond motifs is 2. The Morgan fingerprint density at radius 1 is 1.26 bits per heavy atom. The predicted octanol–water partition coefficient (Wildman–Crippen LogP) is 4.26. The van der Waals surface area contributed by atoms with Crippen LogP contribution in [0, 0.1) is 11.3 Å². The van der Waals surface area contributed by atoms with Crippen molar-refractivity contribution in [1.29, 1.82) is 5.26 Å². The summed E-state index contributed by atoms with van der Waals surface area (Å²) >= 11 is 0. The molecule has 184 valence electrons. The zero-order chi connectivity index (χ0) is 24.4. The van der Waals surface area contributed by atoms with Crippen molar-refractivity contribution in [2.24, 2.45) is 4.99 Å². The number of nitrogens with one attached hydrogen (secondary N) is 3. The number of rotatable bonds is 9. The number of anilines is 3. The van der Waals surface area contributed by atoms with Gasteiger partial charge in [-0.1, -0.05) is 12.2 Å². The van der Waals surface area contributed by atoms with Crippen LogP contribution in [0.4, 0.5) is 23.1 Å². The molecule has 0 saturated carbocycles. The Morgan fingerprint density at radius 2 is 2.03 bits per heavy atom. The van der Waals surface area contributed by atoms with E-state index in [1.54, 1.807) is 0 Å². The SMILES string of the molecule is C=Nc1cc(Nc2cc(C3CN(C)C3)[nH]n2)nc(NC2C[C@H]3CC[C@@H](C2)N3CCC#N)c1/C=C\C. The molecule has 1 unspecified atom stereocenters. The number of likely N-dealkylation sites (N-methyl/N-ethyl adjacent to an activating group) is 1. The summed E-state index contributed by atoms with van der Waals surface area (Å²) in [5.41, 5.74) is 2.89. The highest BCUT2D eigenvalue weighted by atomic mass is 15.2. The Hall–Kier alpha value is -3.22. The summed E-state index contributed by atoms with van der Waals surface area (Å²) in [7, 11) is 2.13. The molecule has 0 aliphatic carbocycles. The number of aliphatic imine (C=N–C) groups is 1. The smallest absolute Gasteiger partial charge is 0.153 e. The molecule has 9 nitrogen and oxygen atoms in total. The lowest BCUT2D eigenvalue weighted by Crippen LogP contribution is -2.47. The van der Waals surface area contributed by atoms with Gasteiger partial charge in [0, 0.05) is 73.5 Å². The maximum Gasteiger partial charge on any atom is 0.153 e. The van der Waals surface area contributed by atoms with Gasteiger partial charge in [-0.25, -0.2) is 4.98 Å². The molecule has 9 heteroatoms. The van der Waals surface area contributed by atoms with Crippen LogP contribution in [0.5, 0.6) is 0 Å². The second-order valence-electron chi connectivity index (χ2n) is 10.0. The van der Waals surface area contributed by atoms with Crippen LogP contribution in [0.1, 0.15) is 56.2 Å². The number of likely N-dealkylation sites (tertiary alicyclic amines) is 1. The zero-order valence-electron chi connectivity index (χ0n) is 20.7. The van der Waals surface area contributed by atoms with Crippen molar-refractivity contribution in [1.82, 2.24) is 25.0 Å². The topological polar surface area (TPSA) is 108 Å². The Bertz CT molecular complexity index is 1110. The number of allylic oxidation sites excluding steroid dienone is 1. The largest absolute Gasteiger partial charge is 0.367 e. The second-order valence-corrected chi connectivity index (χ2v) is 10.0. The molecule has 3 aliphatic rings. The highest BCUT2D eigenvalue weighted by Crippen LogP contribution is 2.38. The molecule has 0 amide bonds. The van der Waals surface area contributed by atoms with Gasteiger partial charge in [0.15, 0.2) is 5.82 Å². The van der Waals surface area contributed by atoms with Gasteiger partial charge >= 0.3 is 0 Å². The van der Waals surface area contributed by atoms with Gasteiger partial charge in [0.2, 0.25) is 0 Å². The van der Waals surface area contributed by atoms with Crippen LogP contribution >= 0.6 is 0 Å². The molecule has 35 heavy (non-hydrogen) atoms. The van der Waals surface area contributed by atoms with E-state index in [1.807, 2.05) is 25.1 Å². The minimum atomic E-state index is 0.336. The average Bonchev–Trinajstić information content (AvgIpc) is 3.37. The van der Waals surface area contributed by atoms with Crippen LogP contribution in [-0.2, 0) is 0 Å². The second kappa shape index (κ2) is 10.2. The van der Waals surface area contributed by atoms with Crippen molar-refractivity contribution in [2.75, 3.05) is 37.3 Å². The number of hydrogen-bond donors (Lipinski definition) is 3. The number of H-pyrrole nitrogens is 1. The van der Waals surface area contributed by atoms with E-state index in [4.69, 9.17) is 10.2 Å². The van der Waals surface area contributed by atoms with Gasteiger partial charge in [0.05, 0.1) is 11.8 Å². The molecule has 3 N–H and O–H groups in total. The molecule has 2 bridgehead atoms. The van der Waals surface area contributed by atoms with Gasteiger partial charge in [-0.15, -0.1) is 0 Å². The zero-order valence-corrected chi connectivity index (χ0v) is 20.7. The molecule has 2 aromatic heterocycles. The number of hydrogen-bond acceptors (Lipinski definition) is 8. The fraction of sp³-hybridized carbons (Fsp3) is 0.538. The minimum Gasteiger partial charge on any atom is -0.367 e. The van der Waals surface area contributed by atoms with Gasteiger partial charge in [-0.2, -0.15) is 10.4 Å². The first-order valence-electron chi connectivity index (χ1n) is 12.6. The van der Waals surface area contributed by atoms with E-state index in [1.165, 1.54) is 12.8 Å². The van der Waals surface area contributed by atoms with Gasteiger partial charge in [-0.05, 0) is 46.4 Å². The van der Waals surface area contributed by atoms with Crippen molar-refractivity contribution in [2.45, 2.75) is 63.1 Å². The predicted molar refractivity (Wildman–Crippen MR) is 141 cm³/mol. The molecule has 3 fully saturated rings. The maximum atomic E-state index is 9.02. The summed E-state index contributed by atoms with van der Waals surface area (Å²) < 4.78 is 0. The first kappa shape index (κ1) is 23.5. The number of aromatic nitrogens is 3. The van der Waals surface area contributed by atoms with E-state index in [2.05, 4.69) is 61.5 Å². The van der Waals surface area contributed by atoms with E-state index in [0.717, 1.165) is 61.1 Å². The quantitative estimate of drug-likeness (QED) is 0.467. The van der Waals surface area contributed by atoms with Crippen LogP contribution in [0.2, 0.25) is 0 Å². The molecule has 2 aromatic rings. The molecular formula is C26H35N9. The molecule has 0 radical (unpaired) electrons. The molecule has 3 atom stereocenters. The number of nitriles is 1. The lowest BCUT2D eigenvalue weighted by atomic mass is 9.96. The van der Waals surface area contributed by atoms with Gasteiger partial charge in [0.1, 0.15) is 11.6 Å². The normalized spacial score (nSPS) is 24.9. The van der Waals surface area contributed by atoms with E-state index in [9.17, 15) is 0 Å². The lowest BCUT2D eigenvalue weighted by molar-refractivity contribution is 0.135. The van der Waals surface area contributed by atoms with Crippen LogP contribution in [0.25, 0.3) is 6.08 Å². The summed E-state index contributed by atoms with van der Waals surface area (Å²) in [5.74, 6) is 2.78. The summed E-state index contributed by atoms with van der Waals surface area (Å²) in [5, 5.41) is 23.8. The van der Waals surface area contributed by atoms with E-state index >= 15 is 0 Å². The van der Waals surface area contributed by atoms with E-state index < -0.39 is 0 Å². The third kappa shape index (κ3) is 4.95. The van der Waals surface area contributed by atoms with Crippen LogP contribution in [0.15, 0.2) is 23.2 Å². The number of nitrogens with zero attached hydrogens (tertiary/aromatic N) is 6. The summed E-state index contributed by atoms with van der Waals surface area (Å²) in [6, 6.07) is 7.71. The first-order chi connectivity index (χ1) is 17.1. The molecule has 0 spiro atoms. The van der Waals surface area contributed by atoms with Gasteiger partial charge < -0.3 is 15.5 Å². The van der Waals surface area contributed by atoms with Gasteiger partial charge in [0.25, 0.3) is 0 Å². The Morgan fingerprint density at radius 3 is 2.69 bits per heavy atom. The third-order valence-corrected chi connectivity index (χ3v) is 7.61. The average molecular weight is 474 g/mol. The Balaban J connectivity index is 1.34. The fourth-order valence-electron chi connectivity index (χ4n) is 5.94. The highest BCUT2D eigenvalue weighted by Gasteiger charge is 2.40. The van der Waals surface area contributed by atoms with Crippen LogP contribution in [0.3, 0.4) is 0 Å². The molecule has 3 aliphatic heterocycles. The standard InChI is InChI=1S/C26H35N9/c1-4-6-21-23(28-2)14-24(30-25-13-22(32-33-25)17-15-34(3)16-17)31-26(21)29-18-11-19-7-8-20(12-18)35(19)10-5-9-27/h4,6,13-14,17-20H,2,5,7-8,10-12,15-16H2,1,3H3,(H3,29,30,31,32,33)/b6-4-/t18?,19-,20+. The van der Waals surface area contributed by atoms with Crippen molar-refractivity contribution in [3.8, 4) is 6.07 Å². The Kier molecular flexibility index (Phi) is 6.84. The number of aromatic amines is 1. The monoisotopic (exact) mass is 473 g/mol. The number of piperidine rings is 1. The van der Waals surface area contributed by atoms with E-state index in [-0.39, 0.29) is 0 Å². The highest BCUT2D eigenvalue weighted by molar-refractivity contribution is 5.78.